The Kier molecular flexibility index (Phi) is 3.44. The van der Waals surface area contributed by atoms with Crippen LogP contribution in [0.4, 0.5) is 0 Å². The third-order valence-electron chi connectivity index (χ3n) is 2.03. The van der Waals surface area contributed by atoms with Gasteiger partial charge in [-0.3, -0.25) is 9.59 Å². The maximum atomic E-state index is 10.9. The van der Waals surface area contributed by atoms with Crippen molar-refractivity contribution in [3.8, 4) is 0 Å². The zero-order chi connectivity index (χ0) is 11.4. The summed E-state index contributed by atoms with van der Waals surface area (Å²) in [6.07, 6.45) is -0.418. The van der Waals surface area contributed by atoms with E-state index in [0.29, 0.717) is 11.1 Å². The largest absolute Gasteiger partial charge is 0.481 e. The third-order valence-corrected chi connectivity index (χ3v) is 2.03. The number of benzene rings is 1. The first-order valence-corrected chi connectivity index (χ1v) is 4.37. The zero-order valence-corrected chi connectivity index (χ0v) is 8.01. The summed E-state index contributed by atoms with van der Waals surface area (Å²) >= 11 is 0. The molecule has 0 aliphatic carbocycles. The van der Waals surface area contributed by atoms with E-state index in [4.69, 9.17) is 10.2 Å². The van der Waals surface area contributed by atoms with Crippen molar-refractivity contribution >= 4 is 11.9 Å². The molecule has 0 aliphatic heterocycles. The van der Waals surface area contributed by atoms with Crippen molar-refractivity contribution in [3.05, 3.63) is 42.3 Å². The number of carboxylic acids is 2. The quantitative estimate of drug-likeness (QED) is 0.784. The van der Waals surface area contributed by atoms with Crippen LogP contribution in [0.15, 0.2) is 24.3 Å². The molecule has 2 N–H and O–H groups in total. The van der Waals surface area contributed by atoms with Gasteiger partial charge in [-0.2, -0.15) is 0 Å². The van der Waals surface area contributed by atoms with Crippen LogP contribution >= 0.6 is 0 Å². The molecule has 1 aromatic carbocycles. The Bertz CT molecular complexity index is 384. The molecule has 0 fully saturated rings. The Morgan fingerprint density at radius 1 is 1.33 bits per heavy atom. The smallest absolute Gasteiger partial charge is 0.311 e. The van der Waals surface area contributed by atoms with Crippen LogP contribution in [0.25, 0.3) is 0 Å². The van der Waals surface area contributed by atoms with Crippen LogP contribution in [-0.2, 0) is 9.59 Å². The highest BCUT2D eigenvalue weighted by atomic mass is 16.4. The van der Waals surface area contributed by atoms with Crippen LogP contribution < -0.4 is 0 Å². The molecule has 0 heterocycles. The van der Waals surface area contributed by atoms with E-state index in [1.807, 2.05) is 0 Å². The van der Waals surface area contributed by atoms with E-state index < -0.39 is 24.3 Å². The van der Waals surface area contributed by atoms with Gasteiger partial charge in [-0.1, -0.05) is 24.3 Å². The number of hydrogen-bond donors (Lipinski definition) is 2. The number of rotatable bonds is 4. The first-order valence-electron chi connectivity index (χ1n) is 4.37. The van der Waals surface area contributed by atoms with Gasteiger partial charge in [0.05, 0.1) is 12.3 Å². The molecule has 1 unspecified atom stereocenters. The minimum Gasteiger partial charge on any atom is -0.481 e. The zero-order valence-electron chi connectivity index (χ0n) is 8.01. The van der Waals surface area contributed by atoms with Gasteiger partial charge in [0.15, 0.2) is 0 Å². The van der Waals surface area contributed by atoms with Crippen LogP contribution in [0, 0.1) is 6.92 Å². The van der Waals surface area contributed by atoms with E-state index in [1.165, 1.54) is 0 Å². The highest BCUT2D eigenvalue weighted by Crippen LogP contribution is 2.20. The highest BCUT2D eigenvalue weighted by Gasteiger charge is 2.22. The molecule has 0 saturated heterocycles. The van der Waals surface area contributed by atoms with E-state index in [9.17, 15) is 9.59 Å². The van der Waals surface area contributed by atoms with Crippen molar-refractivity contribution in [1.29, 1.82) is 0 Å². The fourth-order valence-electron chi connectivity index (χ4n) is 1.33. The molecular weight excluding hydrogens is 196 g/mol. The molecule has 0 aliphatic rings. The molecule has 0 saturated carbocycles. The standard InChI is InChI=1S/C11H11O4/c1-7-3-2-4-8(5-7)9(11(14)15)6-10(12)13/h2-5,9H,1,6H2,(H,12,13)(H,14,15). The molecule has 1 rings (SSSR count). The maximum absolute atomic E-state index is 10.9. The molecular formula is C11H11O4. The molecule has 0 aromatic heterocycles. The van der Waals surface area contributed by atoms with Gasteiger partial charge in [0.1, 0.15) is 0 Å². The second-order valence-corrected chi connectivity index (χ2v) is 3.23. The summed E-state index contributed by atoms with van der Waals surface area (Å²) in [6.45, 7) is 3.66. The molecule has 0 amide bonds. The van der Waals surface area contributed by atoms with Gasteiger partial charge in [0.25, 0.3) is 0 Å². The normalized spacial score (nSPS) is 12.1. The SMILES string of the molecule is [CH2]c1cccc(C(CC(=O)O)C(=O)O)c1. The number of aliphatic carboxylic acids is 2. The molecule has 1 aromatic rings. The fraction of sp³-hybridized carbons (Fsp3) is 0.182. The lowest BCUT2D eigenvalue weighted by Gasteiger charge is -2.10. The van der Waals surface area contributed by atoms with E-state index >= 15 is 0 Å². The van der Waals surface area contributed by atoms with Crippen molar-refractivity contribution in [2.24, 2.45) is 0 Å². The van der Waals surface area contributed by atoms with Crippen molar-refractivity contribution in [2.75, 3.05) is 0 Å². The molecule has 4 nitrogen and oxygen atoms in total. The Labute approximate surface area is 87.2 Å². The number of carbonyl (C=O) groups is 2. The summed E-state index contributed by atoms with van der Waals surface area (Å²) in [4.78, 5) is 21.4. The first kappa shape index (κ1) is 11.2. The monoisotopic (exact) mass is 207 g/mol. The first-order chi connectivity index (χ1) is 7.00. The summed E-state index contributed by atoms with van der Waals surface area (Å²) in [6, 6.07) is 6.57. The van der Waals surface area contributed by atoms with Gasteiger partial charge in [-0.15, -0.1) is 0 Å². The van der Waals surface area contributed by atoms with Gasteiger partial charge in [0.2, 0.25) is 0 Å². The Balaban J connectivity index is 2.98. The average molecular weight is 207 g/mol. The molecule has 79 valence electrons. The van der Waals surface area contributed by atoms with Crippen molar-refractivity contribution < 1.29 is 19.8 Å². The van der Waals surface area contributed by atoms with Gasteiger partial charge >= 0.3 is 11.9 Å². The fourth-order valence-corrected chi connectivity index (χ4v) is 1.33. The summed E-state index contributed by atoms with van der Waals surface area (Å²) < 4.78 is 0. The Morgan fingerprint density at radius 2 is 2.00 bits per heavy atom. The van der Waals surface area contributed by atoms with Crippen molar-refractivity contribution in [2.45, 2.75) is 12.3 Å². The third kappa shape index (κ3) is 3.09. The molecule has 4 heteroatoms. The van der Waals surface area contributed by atoms with Crippen LogP contribution in [0.1, 0.15) is 23.5 Å². The predicted octanol–water partition coefficient (Wildman–Crippen LogP) is 1.51. The van der Waals surface area contributed by atoms with E-state index in [-0.39, 0.29) is 0 Å². The lowest BCUT2D eigenvalue weighted by atomic mass is 9.95. The Hall–Kier alpha value is -1.84. The lowest BCUT2D eigenvalue weighted by molar-refractivity contribution is -0.145. The van der Waals surface area contributed by atoms with Crippen LogP contribution in [0.2, 0.25) is 0 Å². The molecule has 0 spiro atoms. The van der Waals surface area contributed by atoms with Crippen LogP contribution in [0.3, 0.4) is 0 Å². The summed E-state index contributed by atoms with van der Waals surface area (Å²) in [5.74, 6) is -3.27. The predicted molar refractivity (Wildman–Crippen MR) is 53.5 cm³/mol. The number of hydrogen-bond acceptors (Lipinski definition) is 2. The minimum absolute atomic E-state index is 0.418. The van der Waals surface area contributed by atoms with Gasteiger partial charge in [-0.05, 0) is 18.1 Å². The van der Waals surface area contributed by atoms with E-state index in [1.54, 1.807) is 24.3 Å². The van der Waals surface area contributed by atoms with Gasteiger partial charge < -0.3 is 10.2 Å². The van der Waals surface area contributed by atoms with Crippen LogP contribution in [-0.4, -0.2) is 22.2 Å². The van der Waals surface area contributed by atoms with Crippen molar-refractivity contribution in [1.82, 2.24) is 0 Å². The maximum Gasteiger partial charge on any atom is 0.311 e. The minimum atomic E-state index is -1.14. The van der Waals surface area contributed by atoms with E-state index in [0.717, 1.165) is 0 Å². The molecule has 1 atom stereocenters. The van der Waals surface area contributed by atoms with E-state index in [2.05, 4.69) is 6.92 Å². The molecule has 15 heavy (non-hydrogen) atoms. The highest BCUT2D eigenvalue weighted by molar-refractivity contribution is 5.82. The van der Waals surface area contributed by atoms with Gasteiger partial charge in [-0.25, -0.2) is 0 Å². The van der Waals surface area contributed by atoms with Crippen molar-refractivity contribution in [3.63, 3.8) is 0 Å². The lowest BCUT2D eigenvalue weighted by Crippen LogP contribution is -2.15. The average Bonchev–Trinajstić information content (AvgIpc) is 2.13. The second-order valence-electron chi connectivity index (χ2n) is 3.23. The van der Waals surface area contributed by atoms with Gasteiger partial charge in [0, 0.05) is 0 Å². The topological polar surface area (TPSA) is 74.6 Å². The molecule has 0 bridgehead atoms. The summed E-state index contributed by atoms with van der Waals surface area (Å²) in [5, 5.41) is 17.5. The molecule has 1 radical (unpaired) electrons. The number of carboxylic acid groups (broad SMARTS) is 2. The Morgan fingerprint density at radius 3 is 2.47 bits per heavy atom. The summed E-state index contributed by atoms with van der Waals surface area (Å²) in [7, 11) is 0. The summed E-state index contributed by atoms with van der Waals surface area (Å²) in [5.41, 5.74) is 1.14. The second kappa shape index (κ2) is 4.59. The van der Waals surface area contributed by atoms with Crippen LogP contribution in [0.5, 0.6) is 0 Å².